The van der Waals surface area contributed by atoms with E-state index in [1.54, 1.807) is 54.6 Å². The SMILES string of the molecule is CCc1ccccc1N(CC(=O)Nc1cccc(C(C)=O)c1)S(=O)(=O)c1ccccc1. The molecule has 0 atom stereocenters. The molecule has 7 heteroatoms. The summed E-state index contributed by atoms with van der Waals surface area (Å²) in [6, 6.07) is 21.7. The largest absolute Gasteiger partial charge is 0.324 e. The number of Topliss-reactive ketones (excluding diaryl/α,β-unsaturated/α-hetero) is 1. The van der Waals surface area contributed by atoms with Crippen LogP contribution in [0.25, 0.3) is 0 Å². The Morgan fingerprint density at radius 3 is 2.26 bits per heavy atom. The standard InChI is InChI=1S/C24H24N2O4S/c1-3-19-10-7-8-15-23(19)26(31(29,30)22-13-5-4-6-14-22)17-24(28)25-21-12-9-11-20(16-21)18(2)27/h4-16H,3,17H2,1-2H3,(H,25,28). The molecule has 0 bridgehead atoms. The highest BCUT2D eigenvalue weighted by Gasteiger charge is 2.28. The second-order valence-electron chi connectivity index (χ2n) is 6.99. The minimum absolute atomic E-state index is 0.104. The number of sulfonamides is 1. The minimum atomic E-state index is -3.98. The number of rotatable bonds is 8. The van der Waals surface area contributed by atoms with Crippen molar-refractivity contribution in [1.82, 2.24) is 0 Å². The number of para-hydroxylation sites is 1. The summed E-state index contributed by atoms with van der Waals surface area (Å²) in [6.07, 6.45) is 0.610. The highest BCUT2D eigenvalue weighted by Crippen LogP contribution is 2.27. The third-order valence-corrected chi connectivity index (χ3v) is 6.59. The van der Waals surface area contributed by atoms with Gasteiger partial charge in [-0.1, -0.05) is 55.5 Å². The van der Waals surface area contributed by atoms with Crippen molar-refractivity contribution in [3.63, 3.8) is 0 Å². The summed E-state index contributed by atoms with van der Waals surface area (Å²) < 4.78 is 28.0. The van der Waals surface area contributed by atoms with E-state index in [0.29, 0.717) is 23.4 Å². The molecular formula is C24H24N2O4S. The Bertz CT molecular complexity index is 1190. The average molecular weight is 437 g/mol. The highest BCUT2D eigenvalue weighted by atomic mass is 32.2. The van der Waals surface area contributed by atoms with E-state index in [1.807, 2.05) is 19.1 Å². The first-order chi connectivity index (χ1) is 14.8. The van der Waals surface area contributed by atoms with Gasteiger partial charge in [-0.05, 0) is 49.2 Å². The number of ketones is 1. The molecule has 0 fully saturated rings. The third-order valence-electron chi connectivity index (χ3n) is 4.81. The topological polar surface area (TPSA) is 83.6 Å². The van der Waals surface area contributed by atoms with Crippen LogP contribution in [-0.4, -0.2) is 26.7 Å². The number of amides is 1. The summed E-state index contributed by atoms with van der Waals surface area (Å²) in [7, 11) is -3.98. The Kier molecular flexibility index (Phi) is 6.87. The molecule has 1 amide bonds. The van der Waals surface area contributed by atoms with Gasteiger partial charge in [0.15, 0.2) is 5.78 Å². The lowest BCUT2D eigenvalue weighted by Gasteiger charge is -2.26. The number of nitrogens with one attached hydrogen (secondary N) is 1. The van der Waals surface area contributed by atoms with E-state index in [4.69, 9.17) is 0 Å². The normalized spacial score (nSPS) is 11.0. The Morgan fingerprint density at radius 2 is 1.58 bits per heavy atom. The second kappa shape index (κ2) is 9.57. The van der Waals surface area contributed by atoms with Crippen LogP contribution in [0, 0.1) is 0 Å². The summed E-state index contributed by atoms with van der Waals surface area (Å²) in [5.74, 6) is -0.632. The molecule has 1 N–H and O–H groups in total. The number of benzene rings is 3. The molecule has 0 heterocycles. The predicted molar refractivity (Wildman–Crippen MR) is 122 cm³/mol. The Labute approximate surface area is 182 Å². The first kappa shape index (κ1) is 22.2. The zero-order valence-corrected chi connectivity index (χ0v) is 18.2. The van der Waals surface area contributed by atoms with Crippen molar-refractivity contribution in [2.24, 2.45) is 0 Å². The molecule has 6 nitrogen and oxygen atoms in total. The molecule has 0 aliphatic rings. The van der Waals surface area contributed by atoms with Gasteiger partial charge in [-0.3, -0.25) is 13.9 Å². The third kappa shape index (κ3) is 5.19. The lowest BCUT2D eigenvalue weighted by molar-refractivity contribution is -0.114. The Morgan fingerprint density at radius 1 is 0.903 bits per heavy atom. The minimum Gasteiger partial charge on any atom is -0.324 e. The van der Waals surface area contributed by atoms with Gasteiger partial charge in [-0.25, -0.2) is 8.42 Å². The Hall–Kier alpha value is -3.45. The molecular weight excluding hydrogens is 412 g/mol. The predicted octanol–water partition coefficient (Wildman–Crippen LogP) is 4.29. The van der Waals surface area contributed by atoms with E-state index < -0.39 is 22.5 Å². The monoisotopic (exact) mass is 436 g/mol. The van der Waals surface area contributed by atoms with Gasteiger partial charge in [-0.15, -0.1) is 0 Å². The lowest BCUT2D eigenvalue weighted by Crippen LogP contribution is -2.38. The molecule has 31 heavy (non-hydrogen) atoms. The van der Waals surface area contributed by atoms with Crippen LogP contribution in [0.1, 0.15) is 29.8 Å². The molecule has 3 rings (SSSR count). The molecule has 0 unspecified atom stereocenters. The van der Waals surface area contributed by atoms with Crippen molar-refractivity contribution < 1.29 is 18.0 Å². The van der Waals surface area contributed by atoms with Crippen LogP contribution >= 0.6 is 0 Å². The van der Waals surface area contributed by atoms with Gasteiger partial charge in [0, 0.05) is 11.3 Å². The number of carbonyl (C=O) groups excluding carboxylic acids is 2. The molecule has 0 aromatic heterocycles. The Balaban J connectivity index is 1.96. The van der Waals surface area contributed by atoms with Crippen LogP contribution in [-0.2, 0) is 21.2 Å². The van der Waals surface area contributed by atoms with E-state index in [9.17, 15) is 18.0 Å². The summed E-state index contributed by atoms with van der Waals surface area (Å²) >= 11 is 0. The molecule has 0 radical (unpaired) electrons. The maximum atomic E-state index is 13.4. The number of nitrogens with zero attached hydrogens (tertiary/aromatic N) is 1. The average Bonchev–Trinajstić information content (AvgIpc) is 2.78. The van der Waals surface area contributed by atoms with Crippen LogP contribution in [0.5, 0.6) is 0 Å². The van der Waals surface area contributed by atoms with Crippen LogP contribution < -0.4 is 9.62 Å². The van der Waals surface area contributed by atoms with Crippen molar-refractivity contribution in [3.8, 4) is 0 Å². The number of carbonyl (C=O) groups is 2. The summed E-state index contributed by atoms with van der Waals surface area (Å²) in [4.78, 5) is 24.6. The van der Waals surface area contributed by atoms with Gasteiger partial charge < -0.3 is 5.32 Å². The zero-order chi connectivity index (χ0) is 22.4. The van der Waals surface area contributed by atoms with Gasteiger partial charge in [0.1, 0.15) is 6.54 Å². The maximum absolute atomic E-state index is 13.4. The molecule has 0 saturated heterocycles. The fourth-order valence-corrected chi connectivity index (χ4v) is 4.70. The molecule has 0 aliphatic carbocycles. The van der Waals surface area contributed by atoms with Gasteiger partial charge in [0.2, 0.25) is 5.91 Å². The molecule has 0 saturated carbocycles. The van der Waals surface area contributed by atoms with Crippen LogP contribution in [0.3, 0.4) is 0 Å². The summed E-state index contributed by atoms with van der Waals surface area (Å²) in [5, 5.41) is 2.70. The van der Waals surface area contributed by atoms with Gasteiger partial charge in [0.05, 0.1) is 10.6 Å². The number of hydrogen-bond acceptors (Lipinski definition) is 4. The van der Waals surface area contributed by atoms with Gasteiger partial charge in [0.25, 0.3) is 10.0 Å². The van der Waals surface area contributed by atoms with E-state index >= 15 is 0 Å². The molecule has 3 aromatic carbocycles. The maximum Gasteiger partial charge on any atom is 0.264 e. The van der Waals surface area contributed by atoms with Crippen LogP contribution in [0.15, 0.2) is 83.8 Å². The first-order valence-electron chi connectivity index (χ1n) is 9.89. The van der Waals surface area contributed by atoms with Gasteiger partial charge >= 0.3 is 0 Å². The molecule has 3 aromatic rings. The van der Waals surface area contributed by atoms with Crippen LogP contribution in [0.4, 0.5) is 11.4 Å². The van der Waals surface area contributed by atoms with Gasteiger partial charge in [-0.2, -0.15) is 0 Å². The molecule has 160 valence electrons. The first-order valence-corrected chi connectivity index (χ1v) is 11.3. The molecule has 0 spiro atoms. The fourth-order valence-electron chi connectivity index (χ4n) is 3.22. The quantitative estimate of drug-likeness (QED) is 0.534. The smallest absolute Gasteiger partial charge is 0.264 e. The summed E-state index contributed by atoms with van der Waals surface area (Å²) in [5.41, 5.74) is 2.16. The lowest BCUT2D eigenvalue weighted by atomic mass is 10.1. The van der Waals surface area contributed by atoms with E-state index in [0.717, 1.165) is 9.87 Å². The number of aryl methyl sites for hydroxylation is 1. The fraction of sp³-hybridized carbons (Fsp3) is 0.167. The van der Waals surface area contributed by atoms with E-state index in [1.165, 1.54) is 19.1 Å². The number of anilines is 2. The zero-order valence-electron chi connectivity index (χ0n) is 17.4. The van der Waals surface area contributed by atoms with Crippen LogP contribution in [0.2, 0.25) is 0 Å². The summed E-state index contributed by atoms with van der Waals surface area (Å²) in [6.45, 7) is 2.97. The van der Waals surface area contributed by atoms with Crippen molar-refractivity contribution >= 4 is 33.1 Å². The molecule has 0 aliphatic heterocycles. The van der Waals surface area contributed by atoms with E-state index in [-0.39, 0.29) is 10.7 Å². The van der Waals surface area contributed by atoms with Crippen molar-refractivity contribution in [2.45, 2.75) is 25.2 Å². The highest BCUT2D eigenvalue weighted by molar-refractivity contribution is 7.92. The number of hydrogen-bond donors (Lipinski definition) is 1. The second-order valence-corrected chi connectivity index (χ2v) is 8.85. The van der Waals surface area contributed by atoms with E-state index in [2.05, 4.69) is 5.32 Å². The van der Waals surface area contributed by atoms with Crippen molar-refractivity contribution in [2.75, 3.05) is 16.2 Å². The van der Waals surface area contributed by atoms with Crippen molar-refractivity contribution in [3.05, 3.63) is 90.0 Å². The van der Waals surface area contributed by atoms with Crippen molar-refractivity contribution in [1.29, 1.82) is 0 Å².